The van der Waals surface area contributed by atoms with Gasteiger partial charge in [-0.05, 0) is 17.7 Å². The second-order valence-corrected chi connectivity index (χ2v) is 6.17. The third kappa shape index (κ3) is 4.72. The van der Waals surface area contributed by atoms with Crippen LogP contribution in [0.1, 0.15) is 11.7 Å². The second kappa shape index (κ2) is 8.98. The van der Waals surface area contributed by atoms with E-state index in [4.69, 9.17) is 39.4 Å². The molecule has 9 heteroatoms. The molecule has 1 heterocycles. The summed E-state index contributed by atoms with van der Waals surface area (Å²) in [4.78, 5) is 10.3. The quantitative estimate of drug-likeness (QED) is 0.784. The van der Waals surface area contributed by atoms with Crippen LogP contribution in [0.2, 0.25) is 10.0 Å². The largest absolute Gasteiger partial charge is 0.492 e. The Morgan fingerprint density at radius 1 is 1.04 bits per heavy atom. The molecule has 2 aromatic rings. The van der Waals surface area contributed by atoms with Crippen molar-refractivity contribution in [3.8, 4) is 5.75 Å². The highest BCUT2D eigenvalue weighted by Gasteiger charge is 2.25. The summed E-state index contributed by atoms with van der Waals surface area (Å²) >= 11 is 11.9. The lowest BCUT2D eigenvalue weighted by Crippen LogP contribution is -2.45. The summed E-state index contributed by atoms with van der Waals surface area (Å²) in [7, 11) is 0. The van der Waals surface area contributed by atoms with E-state index in [-0.39, 0.29) is 24.5 Å². The Bertz CT molecular complexity index is 813. The summed E-state index contributed by atoms with van der Waals surface area (Å²) in [5.74, 6) is 1.09. The molecular weight excluding hydrogens is 397 g/mol. The Hall–Kier alpha value is -2.15. The van der Waals surface area contributed by atoms with Crippen molar-refractivity contribution >= 4 is 47.5 Å². The van der Waals surface area contributed by atoms with Gasteiger partial charge in [0.2, 0.25) is 11.9 Å². The lowest BCUT2D eigenvalue weighted by molar-refractivity contribution is 0.233. The zero-order chi connectivity index (χ0) is 17.8. The molecule has 26 heavy (non-hydrogen) atoms. The number of nitrogens with zero attached hydrogens (tertiary/aromatic N) is 3. The van der Waals surface area contributed by atoms with Crippen LogP contribution in [-0.4, -0.2) is 30.0 Å². The van der Waals surface area contributed by atoms with Crippen molar-refractivity contribution in [3.63, 3.8) is 0 Å². The molecular formula is C17H18Cl3N5O. The van der Waals surface area contributed by atoms with Crippen LogP contribution in [-0.2, 0) is 0 Å². The van der Waals surface area contributed by atoms with Gasteiger partial charge in [-0.15, -0.1) is 12.4 Å². The van der Waals surface area contributed by atoms with Crippen LogP contribution >= 0.6 is 35.6 Å². The smallest absolute Gasteiger partial charge is 0.220 e. The molecule has 1 aliphatic heterocycles. The third-order valence-electron chi connectivity index (χ3n) is 3.66. The minimum absolute atomic E-state index is 0. The van der Waals surface area contributed by atoms with Crippen LogP contribution in [0.15, 0.2) is 58.5 Å². The van der Waals surface area contributed by atoms with E-state index in [1.165, 1.54) is 0 Å². The highest BCUT2D eigenvalue weighted by atomic mass is 35.5. The number of ether oxygens (including phenoxy) is 1. The molecule has 0 aliphatic carbocycles. The number of hydrogen-bond donors (Lipinski definition) is 2. The van der Waals surface area contributed by atoms with Crippen LogP contribution in [0.5, 0.6) is 5.75 Å². The molecule has 0 saturated heterocycles. The van der Waals surface area contributed by atoms with Crippen molar-refractivity contribution in [2.75, 3.05) is 13.2 Å². The molecule has 2 aromatic carbocycles. The molecule has 0 saturated carbocycles. The van der Waals surface area contributed by atoms with E-state index in [9.17, 15) is 0 Å². The first-order valence-corrected chi connectivity index (χ1v) is 8.37. The van der Waals surface area contributed by atoms with Crippen molar-refractivity contribution in [3.05, 3.63) is 64.1 Å². The van der Waals surface area contributed by atoms with E-state index >= 15 is 0 Å². The zero-order valence-electron chi connectivity index (χ0n) is 13.7. The van der Waals surface area contributed by atoms with Crippen LogP contribution in [0.3, 0.4) is 0 Å². The van der Waals surface area contributed by atoms with Crippen molar-refractivity contribution in [2.24, 2.45) is 21.5 Å². The van der Waals surface area contributed by atoms with Gasteiger partial charge in [-0.2, -0.15) is 4.99 Å². The molecule has 0 spiro atoms. The van der Waals surface area contributed by atoms with Crippen molar-refractivity contribution in [1.82, 2.24) is 4.90 Å². The average molecular weight is 415 g/mol. The standard InChI is InChI=1S/C17H17Cl2N5O.ClH/c18-13-7-6-12(10-14(13)19)25-9-8-24-15(11-4-2-1-3-5-11)22-16(20)23-17(24)21;/h1-7,10,15H,8-9H2,(H4,20,21,22,23);1H. The number of nitrogens with two attached hydrogens (primary N) is 2. The number of guanidine groups is 2. The molecule has 1 aliphatic rings. The van der Waals surface area contributed by atoms with Gasteiger partial charge in [-0.1, -0.05) is 53.5 Å². The summed E-state index contributed by atoms with van der Waals surface area (Å²) in [6.07, 6.45) is -0.337. The summed E-state index contributed by atoms with van der Waals surface area (Å²) in [5, 5.41) is 0.924. The van der Waals surface area contributed by atoms with Gasteiger partial charge >= 0.3 is 0 Å². The first-order chi connectivity index (χ1) is 12.0. The van der Waals surface area contributed by atoms with Crippen molar-refractivity contribution in [2.45, 2.75) is 6.17 Å². The molecule has 0 amide bonds. The lowest BCUT2D eigenvalue weighted by atomic mass is 10.1. The average Bonchev–Trinajstić information content (AvgIpc) is 2.60. The van der Waals surface area contributed by atoms with Gasteiger partial charge in [0.05, 0.1) is 16.6 Å². The SMILES string of the molecule is Cl.NC1=NC(c2ccccc2)N(CCOc2ccc(Cl)c(Cl)c2)C(N)=N1. The van der Waals surface area contributed by atoms with E-state index in [0.29, 0.717) is 34.9 Å². The minimum Gasteiger partial charge on any atom is -0.492 e. The molecule has 0 fully saturated rings. The highest BCUT2D eigenvalue weighted by Crippen LogP contribution is 2.27. The fraction of sp³-hybridized carbons (Fsp3) is 0.176. The molecule has 1 atom stereocenters. The van der Waals surface area contributed by atoms with Gasteiger partial charge in [0, 0.05) is 6.07 Å². The monoisotopic (exact) mass is 413 g/mol. The Kier molecular flexibility index (Phi) is 6.97. The predicted molar refractivity (Wildman–Crippen MR) is 108 cm³/mol. The van der Waals surface area contributed by atoms with Gasteiger partial charge in [0.25, 0.3) is 0 Å². The Morgan fingerprint density at radius 3 is 2.46 bits per heavy atom. The fourth-order valence-corrected chi connectivity index (χ4v) is 2.76. The highest BCUT2D eigenvalue weighted by molar-refractivity contribution is 6.42. The van der Waals surface area contributed by atoms with Gasteiger partial charge in [-0.25, -0.2) is 4.99 Å². The summed E-state index contributed by atoms with van der Waals surface area (Å²) in [5.41, 5.74) is 12.8. The Morgan fingerprint density at radius 2 is 1.77 bits per heavy atom. The molecule has 1 unspecified atom stereocenters. The molecule has 4 N–H and O–H groups in total. The summed E-state index contributed by atoms with van der Waals surface area (Å²) in [6.45, 7) is 0.846. The number of aliphatic imine (C=N–C) groups is 2. The number of rotatable bonds is 5. The summed E-state index contributed by atoms with van der Waals surface area (Å²) < 4.78 is 5.73. The zero-order valence-corrected chi connectivity index (χ0v) is 16.0. The number of halogens is 3. The molecule has 138 valence electrons. The Balaban J connectivity index is 0.00000243. The van der Waals surface area contributed by atoms with Crippen LogP contribution in [0, 0.1) is 0 Å². The maximum Gasteiger partial charge on any atom is 0.220 e. The number of hydrogen-bond acceptors (Lipinski definition) is 6. The molecule has 6 nitrogen and oxygen atoms in total. The van der Waals surface area contributed by atoms with Crippen LogP contribution in [0.25, 0.3) is 0 Å². The third-order valence-corrected chi connectivity index (χ3v) is 4.40. The Labute approximate surface area is 167 Å². The molecule has 0 bridgehead atoms. The molecule has 3 rings (SSSR count). The lowest BCUT2D eigenvalue weighted by Gasteiger charge is -2.32. The normalized spacial score (nSPS) is 16.4. The predicted octanol–water partition coefficient (Wildman–Crippen LogP) is 3.44. The van der Waals surface area contributed by atoms with E-state index in [1.807, 2.05) is 35.2 Å². The van der Waals surface area contributed by atoms with Gasteiger partial charge in [0.1, 0.15) is 12.4 Å². The van der Waals surface area contributed by atoms with E-state index in [2.05, 4.69) is 9.98 Å². The first-order valence-electron chi connectivity index (χ1n) is 7.61. The molecule has 0 aromatic heterocycles. The first kappa shape index (κ1) is 20.2. The van der Waals surface area contributed by atoms with Gasteiger partial charge in [0.15, 0.2) is 6.17 Å². The van der Waals surface area contributed by atoms with E-state index in [0.717, 1.165) is 5.56 Å². The van der Waals surface area contributed by atoms with E-state index in [1.54, 1.807) is 18.2 Å². The fourth-order valence-electron chi connectivity index (χ4n) is 2.48. The number of benzene rings is 2. The minimum atomic E-state index is -0.337. The van der Waals surface area contributed by atoms with Crippen LogP contribution in [0.4, 0.5) is 0 Å². The maximum atomic E-state index is 6.04. The topological polar surface area (TPSA) is 89.2 Å². The van der Waals surface area contributed by atoms with Gasteiger partial charge < -0.3 is 21.1 Å². The van der Waals surface area contributed by atoms with Gasteiger partial charge in [-0.3, -0.25) is 0 Å². The van der Waals surface area contributed by atoms with Crippen molar-refractivity contribution in [1.29, 1.82) is 0 Å². The molecule has 0 radical (unpaired) electrons. The van der Waals surface area contributed by atoms with Crippen molar-refractivity contribution < 1.29 is 4.74 Å². The second-order valence-electron chi connectivity index (χ2n) is 5.36. The summed E-state index contributed by atoms with van der Waals surface area (Å²) in [6, 6.07) is 14.9. The van der Waals surface area contributed by atoms with Crippen LogP contribution < -0.4 is 16.2 Å². The maximum absolute atomic E-state index is 6.04. The van der Waals surface area contributed by atoms with E-state index < -0.39 is 0 Å².